The van der Waals surface area contributed by atoms with E-state index < -0.39 is 18.1 Å². The maximum Gasteiger partial charge on any atom is 0.325 e. The molecule has 0 aromatic rings. The molecule has 1 aliphatic heterocycles. The normalized spacial score (nSPS) is 21.2. The van der Waals surface area contributed by atoms with E-state index in [0.29, 0.717) is 19.4 Å². The zero-order chi connectivity index (χ0) is 13.7. The summed E-state index contributed by atoms with van der Waals surface area (Å²) in [7, 11) is 0. The Bertz CT molecular complexity index is 343. The van der Waals surface area contributed by atoms with Gasteiger partial charge in [-0.2, -0.15) is 0 Å². The summed E-state index contributed by atoms with van der Waals surface area (Å²) >= 11 is 0. The number of nitrogens with zero attached hydrogens (tertiary/aromatic N) is 1. The molecule has 0 aromatic carbocycles. The fourth-order valence-corrected chi connectivity index (χ4v) is 2.08. The lowest BCUT2D eigenvalue weighted by atomic mass is 10.0. The van der Waals surface area contributed by atoms with Crippen LogP contribution in [0.1, 0.15) is 39.5 Å². The van der Waals surface area contributed by atoms with Gasteiger partial charge in [-0.15, -0.1) is 0 Å². The van der Waals surface area contributed by atoms with Crippen molar-refractivity contribution in [3.8, 4) is 0 Å². The summed E-state index contributed by atoms with van der Waals surface area (Å²) in [5, 5.41) is 11.2. The zero-order valence-corrected chi connectivity index (χ0v) is 10.8. The summed E-state index contributed by atoms with van der Waals surface area (Å²) in [5.74, 6) is -1.50. The zero-order valence-electron chi connectivity index (χ0n) is 10.8. The van der Waals surface area contributed by atoms with Crippen LogP contribution in [-0.4, -0.2) is 46.4 Å². The molecular weight excluding hydrogens is 236 g/mol. The Morgan fingerprint density at radius 1 is 1.39 bits per heavy atom. The summed E-state index contributed by atoms with van der Waals surface area (Å²) in [4.78, 5) is 36.0. The first-order valence-corrected chi connectivity index (χ1v) is 6.30. The minimum absolute atomic E-state index is 0.0576. The van der Waals surface area contributed by atoms with Crippen molar-refractivity contribution in [3.63, 3.8) is 0 Å². The number of piperidine rings is 1. The van der Waals surface area contributed by atoms with Crippen molar-refractivity contribution in [3.05, 3.63) is 0 Å². The molecular formula is C12H20N2O4. The molecule has 1 unspecified atom stereocenters. The van der Waals surface area contributed by atoms with Crippen molar-refractivity contribution < 1.29 is 19.5 Å². The topological polar surface area (TPSA) is 86.7 Å². The summed E-state index contributed by atoms with van der Waals surface area (Å²) < 4.78 is 0. The van der Waals surface area contributed by atoms with Crippen LogP contribution >= 0.6 is 0 Å². The van der Waals surface area contributed by atoms with Crippen molar-refractivity contribution in [2.45, 2.75) is 51.6 Å². The van der Waals surface area contributed by atoms with Crippen molar-refractivity contribution in [2.75, 3.05) is 6.54 Å². The molecule has 2 atom stereocenters. The number of rotatable bonds is 4. The Morgan fingerprint density at radius 2 is 2.06 bits per heavy atom. The fourth-order valence-electron chi connectivity index (χ4n) is 2.08. The minimum Gasteiger partial charge on any atom is -0.480 e. The Balaban J connectivity index is 2.68. The number of likely N-dealkylation sites (tertiary alicyclic amines) is 1. The number of carbonyl (C=O) groups is 3. The molecule has 0 saturated carbocycles. The molecule has 0 spiro atoms. The second kappa shape index (κ2) is 6.37. The smallest absolute Gasteiger partial charge is 0.325 e. The Morgan fingerprint density at radius 3 is 2.61 bits per heavy atom. The maximum atomic E-state index is 12.0. The SMILES string of the molecule is CCC(=O)N1CCCCC1C(=O)N[C@H](C)C(=O)O. The predicted octanol–water partition coefficient (Wildman–Crippen LogP) is 0.367. The molecule has 1 saturated heterocycles. The van der Waals surface area contributed by atoms with Gasteiger partial charge >= 0.3 is 5.97 Å². The van der Waals surface area contributed by atoms with E-state index in [9.17, 15) is 14.4 Å². The van der Waals surface area contributed by atoms with Crippen LogP contribution in [0.4, 0.5) is 0 Å². The molecule has 1 rings (SSSR count). The van der Waals surface area contributed by atoms with Crippen LogP contribution in [-0.2, 0) is 14.4 Å². The second-order valence-corrected chi connectivity index (χ2v) is 4.52. The maximum absolute atomic E-state index is 12.0. The molecule has 0 bridgehead atoms. The van der Waals surface area contributed by atoms with E-state index in [1.807, 2.05) is 0 Å². The first kappa shape index (κ1) is 14.5. The van der Waals surface area contributed by atoms with E-state index in [2.05, 4.69) is 5.32 Å². The molecule has 2 amide bonds. The van der Waals surface area contributed by atoms with Gasteiger partial charge in [0.15, 0.2) is 0 Å². The van der Waals surface area contributed by atoms with E-state index in [0.717, 1.165) is 12.8 Å². The average molecular weight is 256 g/mol. The highest BCUT2D eigenvalue weighted by atomic mass is 16.4. The van der Waals surface area contributed by atoms with E-state index in [1.54, 1.807) is 11.8 Å². The third-order valence-electron chi connectivity index (χ3n) is 3.16. The number of hydrogen-bond acceptors (Lipinski definition) is 3. The Hall–Kier alpha value is -1.59. The fraction of sp³-hybridized carbons (Fsp3) is 0.750. The number of nitrogens with one attached hydrogen (secondary N) is 1. The highest BCUT2D eigenvalue weighted by Gasteiger charge is 2.32. The van der Waals surface area contributed by atoms with Crippen LogP contribution in [0.15, 0.2) is 0 Å². The number of hydrogen-bond donors (Lipinski definition) is 2. The predicted molar refractivity (Wildman–Crippen MR) is 64.9 cm³/mol. The van der Waals surface area contributed by atoms with Crippen molar-refractivity contribution in [1.82, 2.24) is 10.2 Å². The summed E-state index contributed by atoms with van der Waals surface area (Å²) in [5.41, 5.74) is 0. The lowest BCUT2D eigenvalue weighted by molar-refractivity contribution is -0.145. The Kier molecular flexibility index (Phi) is 5.12. The number of amides is 2. The molecule has 0 aromatic heterocycles. The van der Waals surface area contributed by atoms with Crippen molar-refractivity contribution in [1.29, 1.82) is 0 Å². The van der Waals surface area contributed by atoms with Gasteiger partial charge in [0.2, 0.25) is 11.8 Å². The first-order valence-electron chi connectivity index (χ1n) is 6.30. The highest BCUT2D eigenvalue weighted by molar-refractivity contribution is 5.90. The first-order chi connectivity index (χ1) is 8.47. The van der Waals surface area contributed by atoms with Gasteiger partial charge in [-0.3, -0.25) is 14.4 Å². The number of carboxylic acid groups (broad SMARTS) is 1. The summed E-state index contributed by atoms with van der Waals surface area (Å²) in [6.45, 7) is 3.74. The summed E-state index contributed by atoms with van der Waals surface area (Å²) in [6.07, 6.45) is 2.74. The highest BCUT2D eigenvalue weighted by Crippen LogP contribution is 2.18. The third kappa shape index (κ3) is 3.45. The number of carboxylic acids is 1. The number of aliphatic carboxylic acids is 1. The van der Waals surface area contributed by atoms with Gasteiger partial charge in [-0.25, -0.2) is 0 Å². The number of carbonyl (C=O) groups excluding carboxylic acids is 2. The van der Waals surface area contributed by atoms with Crippen LogP contribution < -0.4 is 5.32 Å². The van der Waals surface area contributed by atoms with E-state index in [4.69, 9.17) is 5.11 Å². The quantitative estimate of drug-likeness (QED) is 0.760. The van der Waals surface area contributed by atoms with Gasteiger partial charge in [0.05, 0.1) is 0 Å². The summed E-state index contributed by atoms with van der Waals surface area (Å²) in [6, 6.07) is -1.45. The minimum atomic E-state index is -1.08. The van der Waals surface area contributed by atoms with Gasteiger partial charge < -0.3 is 15.3 Å². The molecule has 6 heteroatoms. The molecule has 102 valence electrons. The van der Waals surface area contributed by atoms with E-state index in [1.165, 1.54) is 6.92 Å². The lowest BCUT2D eigenvalue weighted by Gasteiger charge is -2.35. The lowest BCUT2D eigenvalue weighted by Crippen LogP contribution is -2.54. The van der Waals surface area contributed by atoms with Crippen LogP contribution in [0.5, 0.6) is 0 Å². The van der Waals surface area contributed by atoms with Crippen LogP contribution in [0, 0.1) is 0 Å². The van der Waals surface area contributed by atoms with E-state index >= 15 is 0 Å². The van der Waals surface area contributed by atoms with Crippen LogP contribution in [0.3, 0.4) is 0 Å². The molecule has 2 N–H and O–H groups in total. The molecule has 18 heavy (non-hydrogen) atoms. The van der Waals surface area contributed by atoms with Gasteiger partial charge in [-0.1, -0.05) is 6.92 Å². The van der Waals surface area contributed by atoms with Crippen molar-refractivity contribution in [2.24, 2.45) is 0 Å². The standard InChI is InChI=1S/C12H20N2O4/c1-3-10(15)14-7-5-4-6-9(14)11(16)13-8(2)12(17)18/h8-9H,3-7H2,1-2H3,(H,13,16)(H,17,18)/t8-,9?/m1/s1. The van der Waals surface area contributed by atoms with Crippen LogP contribution in [0.2, 0.25) is 0 Å². The molecule has 1 heterocycles. The van der Waals surface area contributed by atoms with Crippen LogP contribution in [0.25, 0.3) is 0 Å². The average Bonchev–Trinajstić information content (AvgIpc) is 2.37. The second-order valence-electron chi connectivity index (χ2n) is 4.52. The van der Waals surface area contributed by atoms with Gasteiger partial charge in [0.25, 0.3) is 0 Å². The molecule has 0 radical (unpaired) electrons. The molecule has 0 aliphatic carbocycles. The molecule has 1 fully saturated rings. The van der Waals surface area contributed by atoms with Gasteiger partial charge in [0, 0.05) is 13.0 Å². The van der Waals surface area contributed by atoms with E-state index in [-0.39, 0.29) is 11.8 Å². The Labute approximate surface area is 106 Å². The molecule has 6 nitrogen and oxygen atoms in total. The monoisotopic (exact) mass is 256 g/mol. The van der Waals surface area contributed by atoms with Crippen molar-refractivity contribution >= 4 is 17.8 Å². The largest absolute Gasteiger partial charge is 0.480 e. The van der Waals surface area contributed by atoms with Gasteiger partial charge in [-0.05, 0) is 26.2 Å². The third-order valence-corrected chi connectivity index (χ3v) is 3.16. The molecule has 1 aliphatic rings. The van der Waals surface area contributed by atoms with Gasteiger partial charge in [0.1, 0.15) is 12.1 Å².